The maximum absolute atomic E-state index is 6.21. The fourth-order valence-corrected chi connectivity index (χ4v) is 2.21. The Bertz CT molecular complexity index is 536. The summed E-state index contributed by atoms with van der Waals surface area (Å²) in [7, 11) is 0. The van der Waals surface area contributed by atoms with E-state index in [1.165, 1.54) is 0 Å². The number of aryl methyl sites for hydroxylation is 1. The van der Waals surface area contributed by atoms with E-state index < -0.39 is 0 Å². The molecule has 1 aromatic heterocycles. The highest BCUT2D eigenvalue weighted by atomic mass is 16.6. The first-order valence-electron chi connectivity index (χ1n) is 6.50. The van der Waals surface area contributed by atoms with Gasteiger partial charge in [0.15, 0.2) is 11.5 Å². The van der Waals surface area contributed by atoms with E-state index in [2.05, 4.69) is 0 Å². The van der Waals surface area contributed by atoms with E-state index in [0.29, 0.717) is 13.2 Å². The van der Waals surface area contributed by atoms with Gasteiger partial charge in [-0.15, -0.1) is 0 Å². The molecule has 2 heterocycles. The molecule has 0 amide bonds. The Morgan fingerprint density at radius 3 is 2.74 bits per heavy atom. The second-order valence-corrected chi connectivity index (χ2v) is 4.63. The molecule has 100 valence electrons. The van der Waals surface area contributed by atoms with Crippen molar-refractivity contribution in [3.05, 3.63) is 47.9 Å². The summed E-state index contributed by atoms with van der Waals surface area (Å²) in [6, 6.07) is 9.74. The molecule has 0 saturated heterocycles. The molecule has 0 spiro atoms. The summed E-state index contributed by atoms with van der Waals surface area (Å²) >= 11 is 0. The molecule has 0 aliphatic carbocycles. The van der Waals surface area contributed by atoms with Crippen molar-refractivity contribution in [3.8, 4) is 11.5 Å². The fourth-order valence-electron chi connectivity index (χ4n) is 2.21. The summed E-state index contributed by atoms with van der Waals surface area (Å²) in [6.07, 6.45) is 3.36. The molecule has 19 heavy (non-hydrogen) atoms. The summed E-state index contributed by atoms with van der Waals surface area (Å²) in [5.74, 6) is 2.55. The fraction of sp³-hybridized carbons (Fsp3) is 0.333. The van der Waals surface area contributed by atoms with Crippen LogP contribution in [0.5, 0.6) is 11.5 Å². The number of hydrogen-bond donors (Lipinski definition) is 1. The number of hydrogen-bond acceptors (Lipinski definition) is 4. The van der Waals surface area contributed by atoms with E-state index in [1.54, 1.807) is 6.26 Å². The zero-order valence-corrected chi connectivity index (χ0v) is 10.7. The molecular weight excluding hydrogens is 242 g/mol. The first kappa shape index (κ1) is 12.1. The lowest BCUT2D eigenvalue weighted by molar-refractivity contribution is 0.171. The van der Waals surface area contributed by atoms with E-state index in [9.17, 15) is 0 Å². The van der Waals surface area contributed by atoms with Crippen LogP contribution in [-0.2, 0) is 6.42 Å². The molecule has 2 aromatic rings. The predicted molar refractivity (Wildman–Crippen MR) is 71.4 cm³/mol. The summed E-state index contributed by atoms with van der Waals surface area (Å²) in [5, 5.41) is 0. The average molecular weight is 259 g/mol. The van der Waals surface area contributed by atoms with Crippen molar-refractivity contribution in [2.24, 2.45) is 5.73 Å². The topological polar surface area (TPSA) is 57.6 Å². The number of benzene rings is 1. The minimum atomic E-state index is -0.0269. The Balaban J connectivity index is 1.67. The van der Waals surface area contributed by atoms with Crippen molar-refractivity contribution in [1.82, 2.24) is 0 Å². The van der Waals surface area contributed by atoms with Crippen LogP contribution in [0, 0.1) is 0 Å². The molecule has 1 atom stereocenters. The number of ether oxygens (including phenoxy) is 2. The van der Waals surface area contributed by atoms with Crippen LogP contribution in [0.4, 0.5) is 0 Å². The largest absolute Gasteiger partial charge is 0.486 e. The van der Waals surface area contributed by atoms with Crippen molar-refractivity contribution in [1.29, 1.82) is 0 Å². The number of nitrogens with two attached hydrogens (primary N) is 1. The number of furan rings is 1. The van der Waals surface area contributed by atoms with E-state index in [1.807, 2.05) is 30.3 Å². The summed E-state index contributed by atoms with van der Waals surface area (Å²) in [4.78, 5) is 0. The molecule has 4 nitrogen and oxygen atoms in total. The molecule has 1 aromatic carbocycles. The second-order valence-electron chi connectivity index (χ2n) is 4.63. The summed E-state index contributed by atoms with van der Waals surface area (Å²) in [6.45, 7) is 1.20. The monoisotopic (exact) mass is 259 g/mol. The molecule has 0 saturated carbocycles. The summed E-state index contributed by atoms with van der Waals surface area (Å²) in [5.41, 5.74) is 7.27. The van der Waals surface area contributed by atoms with Crippen LogP contribution in [-0.4, -0.2) is 13.2 Å². The minimum absolute atomic E-state index is 0.0269. The third-order valence-corrected chi connectivity index (χ3v) is 3.28. The van der Waals surface area contributed by atoms with E-state index in [0.717, 1.165) is 35.7 Å². The zero-order valence-electron chi connectivity index (χ0n) is 10.7. The number of rotatable bonds is 4. The lowest BCUT2D eigenvalue weighted by Gasteiger charge is -2.20. The van der Waals surface area contributed by atoms with Gasteiger partial charge in [0, 0.05) is 12.5 Å². The second kappa shape index (κ2) is 5.36. The van der Waals surface area contributed by atoms with E-state index in [-0.39, 0.29) is 6.04 Å². The highest BCUT2D eigenvalue weighted by molar-refractivity contribution is 5.44. The van der Waals surface area contributed by atoms with Crippen LogP contribution >= 0.6 is 0 Å². The molecule has 2 N–H and O–H groups in total. The van der Waals surface area contributed by atoms with Crippen LogP contribution < -0.4 is 15.2 Å². The Morgan fingerprint density at radius 1 is 1.11 bits per heavy atom. The van der Waals surface area contributed by atoms with Crippen LogP contribution in [0.2, 0.25) is 0 Å². The van der Waals surface area contributed by atoms with Gasteiger partial charge in [-0.1, -0.05) is 6.07 Å². The van der Waals surface area contributed by atoms with E-state index in [4.69, 9.17) is 19.6 Å². The van der Waals surface area contributed by atoms with Crippen molar-refractivity contribution in [2.45, 2.75) is 18.9 Å². The van der Waals surface area contributed by atoms with Gasteiger partial charge in [0.1, 0.15) is 19.0 Å². The Hall–Kier alpha value is -1.94. The highest BCUT2D eigenvalue weighted by Crippen LogP contribution is 2.32. The third kappa shape index (κ3) is 2.74. The van der Waals surface area contributed by atoms with Gasteiger partial charge in [0.2, 0.25) is 0 Å². The smallest absolute Gasteiger partial charge is 0.161 e. The Kier molecular flexibility index (Phi) is 3.42. The van der Waals surface area contributed by atoms with Crippen molar-refractivity contribution in [3.63, 3.8) is 0 Å². The molecule has 1 unspecified atom stereocenters. The normalized spacial score (nSPS) is 15.2. The lowest BCUT2D eigenvalue weighted by atomic mass is 10.0. The summed E-state index contributed by atoms with van der Waals surface area (Å²) < 4.78 is 16.4. The van der Waals surface area contributed by atoms with Gasteiger partial charge in [0.05, 0.1) is 6.26 Å². The SMILES string of the molecule is NC(CCc1ccco1)c1ccc2c(c1)OCCO2. The molecular formula is C15H17NO3. The van der Waals surface area contributed by atoms with Gasteiger partial charge >= 0.3 is 0 Å². The number of fused-ring (bicyclic) bond motifs is 1. The van der Waals surface area contributed by atoms with Gasteiger partial charge < -0.3 is 19.6 Å². The van der Waals surface area contributed by atoms with Gasteiger partial charge in [0.25, 0.3) is 0 Å². The van der Waals surface area contributed by atoms with E-state index >= 15 is 0 Å². The zero-order chi connectivity index (χ0) is 13.1. The Labute approximate surface area is 112 Å². The van der Waals surface area contributed by atoms with Crippen LogP contribution in [0.25, 0.3) is 0 Å². The van der Waals surface area contributed by atoms with Crippen molar-refractivity contribution < 1.29 is 13.9 Å². The van der Waals surface area contributed by atoms with Gasteiger partial charge in [-0.05, 0) is 36.2 Å². The maximum atomic E-state index is 6.21. The van der Waals surface area contributed by atoms with Crippen molar-refractivity contribution >= 4 is 0 Å². The van der Waals surface area contributed by atoms with Crippen LogP contribution in [0.3, 0.4) is 0 Å². The average Bonchev–Trinajstić information content (AvgIpc) is 2.97. The molecule has 0 radical (unpaired) electrons. The molecule has 0 bridgehead atoms. The standard InChI is InChI=1S/C15H17NO3/c16-13(5-4-12-2-1-7-17-12)11-3-6-14-15(10-11)19-9-8-18-14/h1-3,6-7,10,13H,4-5,8-9,16H2. The minimum Gasteiger partial charge on any atom is -0.486 e. The predicted octanol–water partition coefficient (Wildman–Crippen LogP) is 2.68. The molecule has 1 aliphatic heterocycles. The van der Waals surface area contributed by atoms with Gasteiger partial charge in [-0.2, -0.15) is 0 Å². The van der Waals surface area contributed by atoms with Gasteiger partial charge in [-0.3, -0.25) is 0 Å². The Morgan fingerprint density at radius 2 is 1.95 bits per heavy atom. The first-order chi connectivity index (χ1) is 9.33. The highest BCUT2D eigenvalue weighted by Gasteiger charge is 2.14. The maximum Gasteiger partial charge on any atom is 0.161 e. The van der Waals surface area contributed by atoms with Crippen molar-refractivity contribution in [2.75, 3.05) is 13.2 Å². The van der Waals surface area contributed by atoms with Crippen LogP contribution in [0.15, 0.2) is 41.0 Å². The van der Waals surface area contributed by atoms with Crippen LogP contribution in [0.1, 0.15) is 23.8 Å². The quantitative estimate of drug-likeness (QED) is 0.917. The molecule has 3 rings (SSSR count). The third-order valence-electron chi connectivity index (χ3n) is 3.28. The lowest BCUT2D eigenvalue weighted by Crippen LogP contribution is -2.17. The molecule has 1 aliphatic rings. The molecule has 4 heteroatoms. The van der Waals surface area contributed by atoms with Gasteiger partial charge in [-0.25, -0.2) is 0 Å². The molecule has 0 fully saturated rings. The first-order valence-corrected chi connectivity index (χ1v) is 6.50.